The van der Waals surface area contributed by atoms with Gasteiger partial charge in [-0.2, -0.15) is 0 Å². The zero-order valence-electron chi connectivity index (χ0n) is 12.3. The topological polar surface area (TPSA) is 55.1 Å². The van der Waals surface area contributed by atoms with Crippen LogP contribution < -0.4 is 5.32 Å². The fourth-order valence-corrected chi connectivity index (χ4v) is 3.21. The summed E-state index contributed by atoms with van der Waals surface area (Å²) in [5.74, 6) is -0.566. The van der Waals surface area contributed by atoms with Crippen molar-refractivity contribution in [3.63, 3.8) is 0 Å². The molecule has 0 aliphatic rings. The molecule has 4 rings (SSSR count). The second-order valence-corrected chi connectivity index (χ2v) is 6.17. The average Bonchev–Trinajstić information content (AvgIpc) is 3.22. The molecule has 0 aliphatic heterocycles. The summed E-state index contributed by atoms with van der Waals surface area (Å²) in [5.41, 5.74) is 1.97. The van der Waals surface area contributed by atoms with Gasteiger partial charge in [-0.3, -0.25) is 10.1 Å². The van der Waals surface area contributed by atoms with Crippen molar-refractivity contribution in [3.05, 3.63) is 72.4 Å². The number of hydrogen-bond acceptors (Lipinski definition) is 4. The van der Waals surface area contributed by atoms with Crippen molar-refractivity contribution in [1.29, 1.82) is 0 Å². The Morgan fingerprint density at radius 3 is 2.75 bits per heavy atom. The van der Waals surface area contributed by atoms with Crippen LogP contribution in [-0.4, -0.2) is 10.9 Å². The van der Waals surface area contributed by atoms with Gasteiger partial charge in [0.2, 0.25) is 0 Å². The maximum Gasteiger partial charge on any atom is 0.261 e. The van der Waals surface area contributed by atoms with Crippen molar-refractivity contribution in [3.8, 4) is 10.4 Å². The van der Waals surface area contributed by atoms with E-state index >= 15 is 0 Å². The number of nitrogens with one attached hydrogen (secondary N) is 1. The van der Waals surface area contributed by atoms with E-state index < -0.39 is 0 Å². The van der Waals surface area contributed by atoms with E-state index in [4.69, 9.17) is 4.42 Å². The number of furan rings is 1. The number of para-hydroxylation sites is 1. The second-order valence-electron chi connectivity index (χ2n) is 5.14. The Morgan fingerprint density at radius 2 is 1.92 bits per heavy atom. The normalized spacial score (nSPS) is 10.9. The number of anilines is 1. The molecule has 0 unspecified atom stereocenters. The van der Waals surface area contributed by atoms with Crippen LogP contribution in [0.4, 0.5) is 9.52 Å². The summed E-state index contributed by atoms with van der Waals surface area (Å²) >= 11 is 1.33. The Bertz CT molecular complexity index is 1020. The first-order chi connectivity index (χ1) is 11.7. The van der Waals surface area contributed by atoms with Crippen LogP contribution in [0.2, 0.25) is 0 Å². The maximum atomic E-state index is 13.0. The van der Waals surface area contributed by atoms with Gasteiger partial charge < -0.3 is 4.42 Å². The molecule has 0 saturated heterocycles. The van der Waals surface area contributed by atoms with Crippen molar-refractivity contribution in [1.82, 2.24) is 4.98 Å². The van der Waals surface area contributed by atoms with Crippen LogP contribution >= 0.6 is 11.3 Å². The number of halogens is 1. The fraction of sp³-hybridized carbons (Fsp3) is 0. The molecule has 118 valence electrons. The molecule has 2 aromatic heterocycles. The van der Waals surface area contributed by atoms with Crippen LogP contribution in [-0.2, 0) is 0 Å². The number of thiazole rings is 1. The van der Waals surface area contributed by atoms with E-state index in [0.717, 1.165) is 15.8 Å². The van der Waals surface area contributed by atoms with Crippen molar-refractivity contribution < 1.29 is 13.6 Å². The van der Waals surface area contributed by atoms with Gasteiger partial charge in [-0.05, 0) is 23.8 Å². The highest BCUT2D eigenvalue weighted by Crippen LogP contribution is 2.30. The summed E-state index contributed by atoms with van der Waals surface area (Å²) in [6.07, 6.45) is 3.09. The minimum absolute atomic E-state index is 0.278. The molecule has 1 N–H and O–H groups in total. The number of hydrogen-bond donors (Lipinski definition) is 1. The van der Waals surface area contributed by atoms with E-state index in [2.05, 4.69) is 10.3 Å². The fourth-order valence-electron chi connectivity index (χ4n) is 2.40. The molecule has 24 heavy (non-hydrogen) atoms. The van der Waals surface area contributed by atoms with Gasteiger partial charge in [-0.15, -0.1) is 0 Å². The molecule has 6 heteroatoms. The number of fused-ring (bicyclic) bond motifs is 1. The zero-order valence-corrected chi connectivity index (χ0v) is 13.1. The number of nitrogens with zero attached hydrogens (tertiary/aromatic N) is 1. The Hall–Kier alpha value is -2.99. The van der Waals surface area contributed by atoms with Gasteiger partial charge in [0, 0.05) is 11.6 Å². The van der Waals surface area contributed by atoms with Gasteiger partial charge in [-0.1, -0.05) is 41.7 Å². The summed E-state index contributed by atoms with van der Waals surface area (Å²) < 4.78 is 18.4. The molecule has 2 heterocycles. The average molecular weight is 338 g/mol. The smallest absolute Gasteiger partial charge is 0.261 e. The molecule has 0 radical (unpaired) electrons. The lowest BCUT2D eigenvalue weighted by molar-refractivity contribution is 0.102. The number of benzene rings is 2. The highest BCUT2D eigenvalue weighted by molar-refractivity contribution is 7.19. The molecular weight excluding hydrogens is 327 g/mol. The SMILES string of the molecule is O=C(Nc1ncc(-c2ccc(F)cc2)s1)c1coc2ccccc12. The van der Waals surface area contributed by atoms with Crippen LogP contribution in [0.3, 0.4) is 0 Å². The quantitative estimate of drug-likeness (QED) is 0.575. The number of amides is 1. The Kier molecular flexibility index (Phi) is 3.59. The predicted octanol–water partition coefficient (Wildman–Crippen LogP) is 4.95. The molecule has 2 aromatic carbocycles. The van der Waals surface area contributed by atoms with E-state index in [-0.39, 0.29) is 11.7 Å². The second kappa shape index (κ2) is 5.90. The molecule has 0 spiro atoms. The van der Waals surface area contributed by atoms with Gasteiger partial charge in [-0.25, -0.2) is 9.37 Å². The Labute approximate surface area is 140 Å². The number of carbonyl (C=O) groups excluding carboxylic acids is 1. The largest absolute Gasteiger partial charge is 0.463 e. The van der Waals surface area contributed by atoms with Crippen molar-refractivity contribution in [2.45, 2.75) is 0 Å². The van der Waals surface area contributed by atoms with E-state index in [1.807, 2.05) is 24.3 Å². The Morgan fingerprint density at radius 1 is 1.12 bits per heavy atom. The van der Waals surface area contributed by atoms with Gasteiger partial charge >= 0.3 is 0 Å². The number of carbonyl (C=O) groups is 1. The van der Waals surface area contributed by atoms with E-state index in [0.29, 0.717) is 16.3 Å². The first-order valence-corrected chi connectivity index (χ1v) is 8.02. The third-order valence-corrected chi connectivity index (χ3v) is 4.54. The number of aromatic nitrogens is 1. The van der Waals surface area contributed by atoms with Gasteiger partial charge in [0.1, 0.15) is 17.7 Å². The van der Waals surface area contributed by atoms with Crippen molar-refractivity contribution >= 4 is 33.3 Å². The predicted molar refractivity (Wildman–Crippen MR) is 91.7 cm³/mol. The highest BCUT2D eigenvalue weighted by Gasteiger charge is 2.15. The summed E-state index contributed by atoms with van der Waals surface area (Å²) in [7, 11) is 0. The first kappa shape index (κ1) is 14.6. The summed E-state index contributed by atoms with van der Waals surface area (Å²) in [4.78, 5) is 17.5. The lowest BCUT2D eigenvalue weighted by Gasteiger charge is -1.99. The van der Waals surface area contributed by atoms with Gasteiger partial charge in [0.15, 0.2) is 5.13 Å². The molecular formula is C18H11FN2O2S. The molecule has 0 fully saturated rings. The molecule has 0 bridgehead atoms. The van der Waals surface area contributed by atoms with Crippen LogP contribution in [0.1, 0.15) is 10.4 Å². The summed E-state index contributed by atoms with van der Waals surface area (Å²) in [6, 6.07) is 13.5. The van der Waals surface area contributed by atoms with E-state index in [1.54, 1.807) is 18.3 Å². The molecule has 0 atom stereocenters. The summed E-state index contributed by atoms with van der Waals surface area (Å²) in [5, 5.41) is 4.00. The molecule has 0 aliphatic carbocycles. The van der Waals surface area contributed by atoms with E-state index in [1.165, 1.54) is 29.7 Å². The van der Waals surface area contributed by atoms with Crippen LogP contribution in [0.5, 0.6) is 0 Å². The maximum absolute atomic E-state index is 13.0. The van der Waals surface area contributed by atoms with Crippen LogP contribution in [0.25, 0.3) is 21.4 Å². The third kappa shape index (κ3) is 2.68. The zero-order chi connectivity index (χ0) is 16.5. The van der Waals surface area contributed by atoms with Crippen LogP contribution in [0, 0.1) is 5.82 Å². The van der Waals surface area contributed by atoms with Gasteiger partial charge in [0.05, 0.1) is 10.4 Å². The molecule has 4 aromatic rings. The third-order valence-electron chi connectivity index (χ3n) is 3.58. The molecule has 1 amide bonds. The summed E-state index contributed by atoms with van der Waals surface area (Å²) in [6.45, 7) is 0. The van der Waals surface area contributed by atoms with Crippen molar-refractivity contribution in [2.24, 2.45) is 0 Å². The van der Waals surface area contributed by atoms with E-state index in [9.17, 15) is 9.18 Å². The highest BCUT2D eigenvalue weighted by atomic mass is 32.1. The molecule has 0 saturated carbocycles. The standard InChI is InChI=1S/C18H11FN2O2S/c19-12-7-5-11(6-8-12)16-9-20-18(24-16)21-17(22)14-10-23-15-4-2-1-3-13(14)15/h1-10H,(H,20,21,22). The minimum atomic E-state index is -0.288. The molecule has 4 nitrogen and oxygen atoms in total. The number of rotatable bonds is 3. The monoisotopic (exact) mass is 338 g/mol. The van der Waals surface area contributed by atoms with Crippen LogP contribution in [0.15, 0.2) is 65.4 Å². The first-order valence-electron chi connectivity index (χ1n) is 7.20. The Balaban J connectivity index is 1.57. The lowest BCUT2D eigenvalue weighted by Crippen LogP contribution is -2.10. The minimum Gasteiger partial charge on any atom is -0.463 e. The van der Waals surface area contributed by atoms with Crippen molar-refractivity contribution in [2.75, 3.05) is 5.32 Å². The lowest BCUT2D eigenvalue weighted by atomic mass is 10.2. The van der Waals surface area contributed by atoms with Gasteiger partial charge in [0.25, 0.3) is 5.91 Å².